The van der Waals surface area contributed by atoms with Crippen LogP contribution in [0.1, 0.15) is 5.56 Å². The van der Waals surface area contributed by atoms with Crippen LogP contribution >= 0.6 is 0 Å². The summed E-state index contributed by atoms with van der Waals surface area (Å²) < 4.78 is 27.2. The number of carbonyl (C=O) groups is 1. The Bertz CT molecular complexity index is 1020. The maximum Gasteiger partial charge on any atom is 0.258 e. The topological polar surface area (TPSA) is 86.7 Å². The Balaban J connectivity index is 2.00. The summed E-state index contributed by atoms with van der Waals surface area (Å²) in [5.41, 5.74) is 2.23. The first-order valence-corrected chi connectivity index (χ1v) is 9.40. The summed E-state index contributed by atoms with van der Waals surface area (Å²) in [5.74, 6) is -0.801. The highest BCUT2D eigenvalue weighted by atomic mass is 32.2. The first-order chi connectivity index (χ1) is 12.5. The second-order valence-corrected chi connectivity index (χ2v) is 7.74. The van der Waals surface area contributed by atoms with Crippen molar-refractivity contribution in [3.8, 4) is 0 Å². The van der Waals surface area contributed by atoms with E-state index < -0.39 is 22.5 Å². The predicted molar refractivity (Wildman–Crippen MR) is 97.9 cm³/mol. The molecule has 0 spiro atoms. The van der Waals surface area contributed by atoms with E-state index >= 15 is 0 Å². The van der Waals surface area contributed by atoms with Crippen molar-refractivity contribution in [2.75, 3.05) is 6.54 Å². The van der Waals surface area contributed by atoms with E-state index in [0.29, 0.717) is 0 Å². The molecule has 3 aromatic carbocycles. The Hall–Kier alpha value is -2.74. The molecule has 0 aliphatic rings. The summed E-state index contributed by atoms with van der Waals surface area (Å²) in [6.45, 7) is -0.468. The minimum atomic E-state index is -3.93. The number of hydroxylamine groups is 1. The van der Waals surface area contributed by atoms with E-state index in [1.807, 2.05) is 30.3 Å². The largest absolute Gasteiger partial charge is 0.289 e. The van der Waals surface area contributed by atoms with Crippen molar-refractivity contribution < 1.29 is 18.4 Å². The van der Waals surface area contributed by atoms with E-state index in [-0.39, 0.29) is 11.4 Å². The molecule has 0 fully saturated rings. The van der Waals surface area contributed by atoms with Crippen molar-refractivity contribution >= 4 is 26.7 Å². The molecule has 7 heteroatoms. The molecule has 3 rings (SSSR count). The Morgan fingerprint density at radius 3 is 2.27 bits per heavy atom. The fraction of sp³-hybridized carbons (Fsp3) is 0.105. The zero-order chi connectivity index (χ0) is 18.6. The lowest BCUT2D eigenvalue weighted by atomic mass is 10.1. The van der Waals surface area contributed by atoms with Crippen LogP contribution in [0.4, 0.5) is 0 Å². The van der Waals surface area contributed by atoms with Gasteiger partial charge in [0, 0.05) is 6.54 Å². The third kappa shape index (κ3) is 3.91. The van der Waals surface area contributed by atoms with Crippen LogP contribution in [-0.4, -0.2) is 30.4 Å². The highest BCUT2D eigenvalue weighted by Crippen LogP contribution is 2.23. The molecule has 0 aliphatic heterocycles. The van der Waals surface area contributed by atoms with Crippen LogP contribution in [0.2, 0.25) is 0 Å². The number of fused-ring (bicyclic) bond motifs is 1. The number of benzene rings is 3. The Morgan fingerprint density at radius 2 is 1.58 bits per heavy atom. The number of hydrogen-bond acceptors (Lipinski definition) is 4. The zero-order valence-corrected chi connectivity index (χ0v) is 14.7. The van der Waals surface area contributed by atoms with E-state index in [9.17, 15) is 13.2 Å². The number of rotatable bonds is 6. The van der Waals surface area contributed by atoms with Crippen molar-refractivity contribution in [1.82, 2.24) is 9.79 Å². The van der Waals surface area contributed by atoms with Crippen LogP contribution in [0.25, 0.3) is 10.8 Å². The fourth-order valence-electron chi connectivity index (χ4n) is 2.69. The van der Waals surface area contributed by atoms with Gasteiger partial charge in [-0.25, -0.2) is 13.9 Å². The Labute approximate surface area is 151 Å². The lowest BCUT2D eigenvalue weighted by Crippen LogP contribution is -2.39. The van der Waals surface area contributed by atoms with Gasteiger partial charge in [0.2, 0.25) is 10.0 Å². The molecule has 134 valence electrons. The molecule has 0 aromatic heterocycles. The quantitative estimate of drug-likeness (QED) is 0.516. The number of hydrogen-bond donors (Lipinski definition) is 2. The molecule has 0 saturated carbocycles. The predicted octanol–water partition coefficient (Wildman–Crippen LogP) is 2.54. The summed E-state index contributed by atoms with van der Waals surface area (Å²) in [4.78, 5) is 11.7. The molecular weight excluding hydrogens is 352 g/mol. The zero-order valence-electron chi connectivity index (χ0n) is 13.9. The molecule has 0 saturated heterocycles. The standard InChI is InChI=1S/C19H18N2O4S/c22-19(20-23)14-21(13-15-6-2-1-3-7-15)26(24,25)18-11-10-16-8-4-5-9-17(16)12-18/h1-12,23H,13-14H2,(H,20,22). The number of nitrogens with one attached hydrogen (secondary N) is 1. The first-order valence-electron chi connectivity index (χ1n) is 7.96. The van der Waals surface area contributed by atoms with Crippen molar-refractivity contribution in [2.24, 2.45) is 0 Å². The Kier molecular flexibility index (Phi) is 5.32. The molecule has 0 unspecified atom stereocenters. The summed E-state index contributed by atoms with van der Waals surface area (Å²) in [5, 5.41) is 10.5. The molecule has 0 radical (unpaired) electrons. The minimum Gasteiger partial charge on any atom is -0.289 e. The summed E-state index contributed by atoms with van der Waals surface area (Å²) in [7, 11) is -3.93. The molecule has 0 bridgehead atoms. The SMILES string of the molecule is O=C(CN(Cc1ccccc1)S(=O)(=O)c1ccc2ccccc2c1)NO. The van der Waals surface area contributed by atoms with E-state index in [1.165, 1.54) is 11.5 Å². The van der Waals surface area contributed by atoms with Gasteiger partial charge in [-0.1, -0.05) is 60.7 Å². The highest BCUT2D eigenvalue weighted by molar-refractivity contribution is 7.89. The normalized spacial score (nSPS) is 11.6. The van der Waals surface area contributed by atoms with Gasteiger partial charge in [0.25, 0.3) is 5.91 Å². The van der Waals surface area contributed by atoms with Gasteiger partial charge < -0.3 is 0 Å². The number of carbonyl (C=O) groups excluding carboxylic acids is 1. The molecule has 0 atom stereocenters. The van der Waals surface area contributed by atoms with Crippen molar-refractivity contribution in [2.45, 2.75) is 11.4 Å². The summed E-state index contributed by atoms with van der Waals surface area (Å²) >= 11 is 0. The average molecular weight is 370 g/mol. The Morgan fingerprint density at radius 1 is 0.923 bits per heavy atom. The molecule has 2 N–H and O–H groups in total. The monoisotopic (exact) mass is 370 g/mol. The van der Waals surface area contributed by atoms with E-state index in [4.69, 9.17) is 5.21 Å². The smallest absolute Gasteiger partial charge is 0.258 e. The van der Waals surface area contributed by atoms with Crippen LogP contribution in [0.15, 0.2) is 77.7 Å². The van der Waals surface area contributed by atoms with E-state index in [0.717, 1.165) is 20.6 Å². The maximum absolute atomic E-state index is 13.1. The highest BCUT2D eigenvalue weighted by Gasteiger charge is 2.27. The minimum absolute atomic E-state index is 0.0173. The lowest BCUT2D eigenvalue weighted by molar-refractivity contribution is -0.129. The van der Waals surface area contributed by atoms with Crippen molar-refractivity contribution in [3.05, 3.63) is 78.4 Å². The van der Waals surface area contributed by atoms with Crippen molar-refractivity contribution in [3.63, 3.8) is 0 Å². The number of sulfonamides is 1. The van der Waals surface area contributed by atoms with E-state index in [1.54, 1.807) is 36.4 Å². The van der Waals surface area contributed by atoms with Gasteiger partial charge in [-0.3, -0.25) is 10.0 Å². The second kappa shape index (κ2) is 7.65. The van der Waals surface area contributed by atoms with Crippen LogP contribution in [0.3, 0.4) is 0 Å². The third-order valence-electron chi connectivity index (χ3n) is 4.01. The van der Waals surface area contributed by atoms with Gasteiger partial charge in [-0.05, 0) is 28.5 Å². The first kappa shape index (κ1) is 18.1. The molecular formula is C19H18N2O4S. The lowest BCUT2D eigenvalue weighted by Gasteiger charge is -2.21. The van der Waals surface area contributed by atoms with Crippen LogP contribution in [0.5, 0.6) is 0 Å². The summed E-state index contributed by atoms with van der Waals surface area (Å²) in [6, 6.07) is 21.2. The fourth-order valence-corrected chi connectivity index (χ4v) is 4.11. The number of amides is 1. The van der Waals surface area contributed by atoms with Crippen LogP contribution in [-0.2, 0) is 21.4 Å². The van der Waals surface area contributed by atoms with Gasteiger partial charge in [-0.15, -0.1) is 0 Å². The van der Waals surface area contributed by atoms with Crippen molar-refractivity contribution in [1.29, 1.82) is 0 Å². The van der Waals surface area contributed by atoms with Gasteiger partial charge in [0.05, 0.1) is 11.4 Å². The van der Waals surface area contributed by atoms with Crippen LogP contribution < -0.4 is 5.48 Å². The molecule has 0 aliphatic carbocycles. The molecule has 3 aromatic rings. The average Bonchev–Trinajstić information content (AvgIpc) is 2.67. The van der Waals surface area contributed by atoms with Gasteiger partial charge in [-0.2, -0.15) is 4.31 Å². The van der Waals surface area contributed by atoms with Gasteiger partial charge in [0.1, 0.15) is 0 Å². The molecule has 6 nitrogen and oxygen atoms in total. The molecule has 1 amide bonds. The second-order valence-electron chi connectivity index (χ2n) is 5.80. The number of nitrogens with zero attached hydrogens (tertiary/aromatic N) is 1. The molecule has 0 heterocycles. The maximum atomic E-state index is 13.1. The summed E-state index contributed by atoms with van der Waals surface area (Å²) in [6.07, 6.45) is 0. The van der Waals surface area contributed by atoms with Gasteiger partial charge in [0.15, 0.2) is 0 Å². The van der Waals surface area contributed by atoms with Crippen LogP contribution in [0, 0.1) is 0 Å². The van der Waals surface area contributed by atoms with Gasteiger partial charge >= 0.3 is 0 Å². The molecule has 26 heavy (non-hydrogen) atoms. The third-order valence-corrected chi connectivity index (χ3v) is 5.79. The van der Waals surface area contributed by atoms with E-state index in [2.05, 4.69) is 0 Å².